The predicted molar refractivity (Wildman–Crippen MR) is 77.8 cm³/mol. The second-order valence-electron chi connectivity index (χ2n) is 3.91. The molecule has 0 amide bonds. The van der Waals surface area contributed by atoms with Gasteiger partial charge in [0.15, 0.2) is 0 Å². The molecule has 0 bridgehead atoms. The van der Waals surface area contributed by atoms with Gasteiger partial charge in [0.05, 0.1) is 4.34 Å². The lowest BCUT2D eigenvalue weighted by atomic mass is 10.3. The molecule has 0 aromatic carbocycles. The van der Waals surface area contributed by atoms with Crippen LogP contribution in [0.15, 0.2) is 11.0 Å². The highest BCUT2D eigenvalue weighted by Gasteiger charge is 2.31. The zero-order valence-corrected chi connectivity index (χ0v) is 13.5. The summed E-state index contributed by atoms with van der Waals surface area (Å²) in [5.74, 6) is 0. The van der Waals surface area contributed by atoms with E-state index in [1.807, 2.05) is 6.92 Å². The molecule has 2 heterocycles. The Kier molecular flexibility index (Phi) is 5.74. The van der Waals surface area contributed by atoms with Crippen molar-refractivity contribution in [2.75, 3.05) is 19.6 Å². The van der Waals surface area contributed by atoms with E-state index in [4.69, 9.17) is 23.2 Å². The van der Waals surface area contributed by atoms with Crippen molar-refractivity contribution in [3.05, 3.63) is 14.7 Å². The first kappa shape index (κ1) is 16.5. The van der Waals surface area contributed by atoms with Crippen LogP contribution in [0.1, 0.15) is 6.92 Å². The van der Waals surface area contributed by atoms with Gasteiger partial charge in [-0.05, 0) is 13.0 Å². The maximum atomic E-state index is 12.3. The Morgan fingerprint density at radius 1 is 1.50 bits per heavy atom. The first-order valence-electron chi connectivity index (χ1n) is 5.09. The topological polar surface area (TPSA) is 49.4 Å². The summed E-state index contributed by atoms with van der Waals surface area (Å²) in [5.41, 5.74) is 0. The number of piperazine rings is 1. The first-order valence-corrected chi connectivity index (χ1v) is 8.11. The third kappa shape index (κ3) is 3.30. The van der Waals surface area contributed by atoms with Gasteiger partial charge in [0, 0.05) is 25.7 Å². The predicted octanol–water partition coefficient (Wildman–Crippen LogP) is 2.46. The monoisotopic (exact) mass is 350 g/mol. The van der Waals surface area contributed by atoms with E-state index in [9.17, 15) is 8.42 Å². The molecule has 0 aliphatic carbocycles. The molecule has 1 aliphatic heterocycles. The summed E-state index contributed by atoms with van der Waals surface area (Å²) in [6.45, 7) is 3.50. The molecule has 1 saturated heterocycles. The van der Waals surface area contributed by atoms with Crippen molar-refractivity contribution in [1.29, 1.82) is 0 Å². The van der Waals surface area contributed by atoms with Crippen molar-refractivity contribution in [2.24, 2.45) is 0 Å². The average molecular weight is 352 g/mol. The van der Waals surface area contributed by atoms with E-state index in [0.717, 1.165) is 11.3 Å². The van der Waals surface area contributed by atoms with Gasteiger partial charge in [0.1, 0.15) is 9.23 Å². The third-order valence-corrected chi connectivity index (χ3v) is 6.19. The van der Waals surface area contributed by atoms with Gasteiger partial charge in [-0.2, -0.15) is 4.31 Å². The average Bonchev–Trinajstić information content (AvgIpc) is 2.58. The van der Waals surface area contributed by atoms with E-state index in [-0.39, 0.29) is 27.7 Å². The quantitative estimate of drug-likeness (QED) is 0.890. The maximum absolute atomic E-state index is 12.3. The van der Waals surface area contributed by atoms with Gasteiger partial charge in [-0.1, -0.05) is 23.2 Å². The molecule has 1 fully saturated rings. The van der Waals surface area contributed by atoms with Gasteiger partial charge in [-0.25, -0.2) is 8.42 Å². The van der Waals surface area contributed by atoms with E-state index in [2.05, 4.69) is 5.32 Å². The minimum absolute atomic E-state index is 0. The van der Waals surface area contributed by atoms with Crippen LogP contribution in [-0.2, 0) is 10.0 Å². The van der Waals surface area contributed by atoms with E-state index >= 15 is 0 Å². The summed E-state index contributed by atoms with van der Waals surface area (Å²) in [6, 6.07) is 1.56. The number of nitrogens with one attached hydrogen (secondary N) is 1. The molecule has 0 radical (unpaired) electrons. The number of hydrogen-bond acceptors (Lipinski definition) is 4. The summed E-state index contributed by atoms with van der Waals surface area (Å²) < 4.78 is 26.7. The molecule has 4 nitrogen and oxygen atoms in total. The summed E-state index contributed by atoms with van der Waals surface area (Å²) in [5, 5.41) is 3.19. The van der Waals surface area contributed by atoms with E-state index in [0.29, 0.717) is 24.0 Å². The standard InChI is InChI=1S/C9H12Cl2N2O2S2.ClH/c1-6-5-13(3-2-12-6)17(14,15)7-4-8(10)16-9(7)11;/h4,6,12H,2-3,5H2,1H3;1H/t6-;/m0./s1. The molecule has 2 rings (SSSR count). The molecule has 0 saturated carbocycles. The first-order chi connectivity index (χ1) is 7.91. The van der Waals surface area contributed by atoms with Crippen molar-refractivity contribution < 1.29 is 8.42 Å². The van der Waals surface area contributed by atoms with Crippen molar-refractivity contribution in [3.63, 3.8) is 0 Å². The van der Waals surface area contributed by atoms with Crippen molar-refractivity contribution in [3.8, 4) is 0 Å². The Bertz CT molecular complexity index is 518. The van der Waals surface area contributed by atoms with E-state index in [1.54, 1.807) is 0 Å². The zero-order valence-electron chi connectivity index (χ0n) is 9.52. The van der Waals surface area contributed by atoms with Crippen LogP contribution in [-0.4, -0.2) is 38.4 Å². The highest BCUT2D eigenvalue weighted by Crippen LogP contribution is 2.35. The Morgan fingerprint density at radius 3 is 2.67 bits per heavy atom. The summed E-state index contributed by atoms with van der Waals surface area (Å²) in [4.78, 5) is 0.114. The molecule has 0 unspecified atom stereocenters. The fourth-order valence-corrected chi connectivity index (χ4v) is 5.40. The number of nitrogens with zero attached hydrogens (tertiary/aromatic N) is 1. The van der Waals surface area contributed by atoms with Gasteiger partial charge < -0.3 is 5.32 Å². The Morgan fingerprint density at radius 2 is 2.17 bits per heavy atom. The number of thiophene rings is 1. The Hall–Kier alpha value is 0.440. The smallest absolute Gasteiger partial charge is 0.245 e. The normalized spacial score (nSPS) is 21.6. The number of sulfonamides is 1. The highest BCUT2D eigenvalue weighted by atomic mass is 35.5. The SMILES string of the molecule is C[C@H]1CN(S(=O)(=O)c2cc(Cl)sc2Cl)CCN1.Cl. The Balaban J connectivity index is 0.00000162. The molecular weight excluding hydrogens is 339 g/mol. The van der Waals surface area contributed by atoms with Crippen molar-refractivity contribution >= 4 is 57.0 Å². The van der Waals surface area contributed by atoms with Crippen LogP contribution in [0, 0.1) is 0 Å². The Labute approximate surface area is 127 Å². The summed E-state index contributed by atoms with van der Waals surface area (Å²) >= 11 is 12.7. The minimum atomic E-state index is -3.52. The molecule has 18 heavy (non-hydrogen) atoms. The van der Waals surface area contributed by atoms with Crippen LogP contribution in [0.4, 0.5) is 0 Å². The fraction of sp³-hybridized carbons (Fsp3) is 0.556. The van der Waals surface area contributed by atoms with Gasteiger partial charge in [-0.15, -0.1) is 23.7 Å². The second-order valence-corrected chi connectivity index (χ2v) is 8.10. The van der Waals surface area contributed by atoms with Crippen molar-refractivity contribution in [2.45, 2.75) is 17.9 Å². The van der Waals surface area contributed by atoms with Crippen LogP contribution in [0.5, 0.6) is 0 Å². The fourth-order valence-electron chi connectivity index (χ4n) is 1.76. The zero-order chi connectivity index (χ0) is 12.6. The largest absolute Gasteiger partial charge is 0.312 e. The van der Waals surface area contributed by atoms with Crippen molar-refractivity contribution in [1.82, 2.24) is 9.62 Å². The highest BCUT2D eigenvalue weighted by molar-refractivity contribution is 7.89. The lowest BCUT2D eigenvalue weighted by molar-refractivity contribution is 0.310. The molecular formula is C9H13Cl3N2O2S2. The van der Waals surface area contributed by atoms with Crippen LogP contribution in [0.3, 0.4) is 0 Å². The van der Waals surface area contributed by atoms with Gasteiger partial charge in [0.25, 0.3) is 0 Å². The molecule has 1 aromatic rings. The van der Waals surface area contributed by atoms with E-state index < -0.39 is 10.0 Å². The molecule has 1 aromatic heterocycles. The van der Waals surface area contributed by atoms with Gasteiger partial charge >= 0.3 is 0 Å². The third-order valence-electron chi connectivity index (χ3n) is 2.57. The lowest BCUT2D eigenvalue weighted by Crippen LogP contribution is -2.51. The lowest BCUT2D eigenvalue weighted by Gasteiger charge is -2.30. The number of halogens is 3. The molecule has 9 heteroatoms. The van der Waals surface area contributed by atoms with Crippen LogP contribution in [0.2, 0.25) is 8.67 Å². The minimum Gasteiger partial charge on any atom is -0.312 e. The second kappa shape index (κ2) is 6.26. The number of rotatable bonds is 2. The molecule has 104 valence electrons. The number of hydrogen-bond donors (Lipinski definition) is 1. The van der Waals surface area contributed by atoms with E-state index in [1.165, 1.54) is 10.4 Å². The summed E-state index contributed by atoms with van der Waals surface area (Å²) in [7, 11) is -3.52. The van der Waals surface area contributed by atoms with Gasteiger partial charge in [0.2, 0.25) is 10.0 Å². The summed E-state index contributed by atoms with van der Waals surface area (Å²) in [6.07, 6.45) is 0. The molecule has 1 atom stereocenters. The van der Waals surface area contributed by atoms with Crippen LogP contribution < -0.4 is 5.32 Å². The van der Waals surface area contributed by atoms with Crippen LogP contribution in [0.25, 0.3) is 0 Å². The molecule has 1 aliphatic rings. The van der Waals surface area contributed by atoms with Crippen LogP contribution >= 0.6 is 46.9 Å². The molecule has 1 N–H and O–H groups in total. The maximum Gasteiger partial charge on any atom is 0.245 e. The van der Waals surface area contributed by atoms with Gasteiger partial charge in [-0.3, -0.25) is 0 Å². The molecule has 0 spiro atoms.